The summed E-state index contributed by atoms with van der Waals surface area (Å²) in [6, 6.07) is 7.48. The molecule has 0 spiro atoms. The van der Waals surface area contributed by atoms with Crippen molar-refractivity contribution < 1.29 is 4.79 Å². The zero-order chi connectivity index (χ0) is 20.4. The number of halogens is 1. The van der Waals surface area contributed by atoms with Crippen LogP contribution in [0.15, 0.2) is 30.5 Å². The van der Waals surface area contributed by atoms with E-state index in [0.29, 0.717) is 17.1 Å². The summed E-state index contributed by atoms with van der Waals surface area (Å²) >= 11 is 6.23. The minimum atomic E-state index is -0.119. The number of carbonyl (C=O) groups excluding carboxylic acids is 1. The molecule has 1 unspecified atom stereocenters. The van der Waals surface area contributed by atoms with Gasteiger partial charge in [0.25, 0.3) is 5.91 Å². The third-order valence-electron chi connectivity index (χ3n) is 4.94. The molecule has 3 aromatic rings. The molecule has 0 aliphatic rings. The van der Waals surface area contributed by atoms with Gasteiger partial charge < -0.3 is 5.32 Å². The molecule has 6 nitrogen and oxygen atoms in total. The number of carbonyl (C=O) groups is 1. The first-order valence-corrected chi connectivity index (χ1v) is 9.81. The van der Waals surface area contributed by atoms with E-state index in [1.54, 1.807) is 0 Å². The van der Waals surface area contributed by atoms with Gasteiger partial charge in [-0.2, -0.15) is 10.2 Å². The quantitative estimate of drug-likeness (QED) is 0.675. The normalized spacial score (nSPS) is 12.2. The lowest BCUT2D eigenvalue weighted by Crippen LogP contribution is -2.27. The van der Waals surface area contributed by atoms with Crippen molar-refractivity contribution in [2.45, 2.75) is 53.8 Å². The van der Waals surface area contributed by atoms with Gasteiger partial charge in [0.1, 0.15) is 0 Å². The molecule has 0 saturated heterocycles. The fourth-order valence-corrected chi connectivity index (χ4v) is 3.43. The third-order valence-corrected chi connectivity index (χ3v) is 5.48. The average molecular weight is 400 g/mol. The molecule has 7 heteroatoms. The van der Waals surface area contributed by atoms with Gasteiger partial charge in [-0.25, -0.2) is 0 Å². The predicted octanol–water partition coefficient (Wildman–Crippen LogP) is 4.22. The molecular weight excluding hydrogens is 374 g/mol. The molecule has 148 valence electrons. The molecule has 1 amide bonds. The van der Waals surface area contributed by atoms with Gasteiger partial charge in [-0.05, 0) is 52.3 Å². The van der Waals surface area contributed by atoms with Gasteiger partial charge in [0.15, 0.2) is 0 Å². The molecule has 1 N–H and O–H groups in total. The van der Waals surface area contributed by atoms with Gasteiger partial charge in [0, 0.05) is 23.9 Å². The summed E-state index contributed by atoms with van der Waals surface area (Å²) < 4.78 is 3.74. The molecule has 3 rings (SSSR count). The zero-order valence-corrected chi connectivity index (χ0v) is 17.7. The zero-order valence-electron chi connectivity index (χ0n) is 17.0. The maximum Gasteiger partial charge on any atom is 0.251 e. The van der Waals surface area contributed by atoms with Gasteiger partial charge in [0.2, 0.25) is 0 Å². The first kappa shape index (κ1) is 20.1. The summed E-state index contributed by atoms with van der Waals surface area (Å²) in [7, 11) is 0. The number of aryl methyl sites for hydroxylation is 3. The van der Waals surface area contributed by atoms with Gasteiger partial charge in [-0.15, -0.1) is 0 Å². The first-order valence-electron chi connectivity index (χ1n) is 9.43. The van der Waals surface area contributed by atoms with Crippen molar-refractivity contribution in [1.29, 1.82) is 0 Å². The van der Waals surface area contributed by atoms with Crippen LogP contribution in [-0.2, 0) is 13.1 Å². The largest absolute Gasteiger partial charge is 0.345 e. The summed E-state index contributed by atoms with van der Waals surface area (Å²) in [5.41, 5.74) is 5.32. The lowest BCUT2D eigenvalue weighted by atomic mass is 10.1. The molecule has 2 aromatic heterocycles. The maximum atomic E-state index is 12.8. The van der Waals surface area contributed by atoms with Gasteiger partial charge in [0.05, 0.1) is 34.7 Å². The van der Waals surface area contributed by atoms with E-state index >= 15 is 0 Å². The Kier molecular flexibility index (Phi) is 5.89. The summed E-state index contributed by atoms with van der Waals surface area (Å²) in [5.74, 6) is -0.107. The van der Waals surface area contributed by atoms with E-state index in [9.17, 15) is 4.79 Å². The lowest BCUT2D eigenvalue weighted by molar-refractivity contribution is 0.0939. The van der Waals surface area contributed by atoms with Gasteiger partial charge >= 0.3 is 0 Å². The molecule has 1 atom stereocenters. The molecule has 0 fully saturated rings. The Labute approximate surface area is 170 Å². The minimum Gasteiger partial charge on any atom is -0.345 e. The molecule has 0 radical (unpaired) electrons. The van der Waals surface area contributed by atoms with E-state index in [2.05, 4.69) is 15.5 Å². The Morgan fingerprint density at radius 2 is 1.96 bits per heavy atom. The standard InChI is InChI=1S/C21H26ClN5O/c1-6-26-12-19(14(3)24-26)13(2)23-21(28)18-9-7-8-17(10-18)11-27-16(5)20(22)15(4)25-27/h7-10,12-13H,6,11H2,1-5H3,(H,23,28). The SMILES string of the molecule is CCn1cc(C(C)NC(=O)c2cccc(Cn3nc(C)c(Cl)c3C)c2)c(C)n1. The topological polar surface area (TPSA) is 64.7 Å². The monoisotopic (exact) mass is 399 g/mol. The fraction of sp³-hybridized carbons (Fsp3) is 0.381. The molecule has 0 aliphatic heterocycles. The van der Waals surface area contributed by atoms with E-state index in [-0.39, 0.29) is 11.9 Å². The minimum absolute atomic E-state index is 0.107. The van der Waals surface area contributed by atoms with Crippen LogP contribution in [0.25, 0.3) is 0 Å². The highest BCUT2D eigenvalue weighted by atomic mass is 35.5. The van der Waals surface area contributed by atoms with Crippen molar-refractivity contribution in [3.8, 4) is 0 Å². The number of benzene rings is 1. The third kappa shape index (κ3) is 4.12. The van der Waals surface area contributed by atoms with Crippen LogP contribution >= 0.6 is 11.6 Å². The molecule has 1 aromatic carbocycles. The van der Waals surface area contributed by atoms with Crippen molar-refractivity contribution in [1.82, 2.24) is 24.9 Å². The summed E-state index contributed by atoms with van der Waals surface area (Å²) in [4.78, 5) is 12.8. The van der Waals surface area contributed by atoms with Crippen LogP contribution in [0.2, 0.25) is 5.02 Å². The van der Waals surface area contributed by atoms with Crippen LogP contribution in [0.5, 0.6) is 0 Å². The molecule has 28 heavy (non-hydrogen) atoms. The smallest absolute Gasteiger partial charge is 0.251 e. The molecule has 2 heterocycles. The van der Waals surface area contributed by atoms with Crippen LogP contribution in [0.4, 0.5) is 0 Å². The average Bonchev–Trinajstić information content (AvgIpc) is 3.17. The van der Waals surface area contributed by atoms with E-state index in [4.69, 9.17) is 11.6 Å². The molecule has 0 aliphatic carbocycles. The molecule has 0 saturated carbocycles. The highest BCUT2D eigenvalue weighted by Gasteiger charge is 2.16. The van der Waals surface area contributed by atoms with Crippen LogP contribution in [0.3, 0.4) is 0 Å². The Hall–Kier alpha value is -2.60. The lowest BCUT2D eigenvalue weighted by Gasteiger charge is -2.14. The van der Waals surface area contributed by atoms with E-state index in [0.717, 1.165) is 34.8 Å². The maximum absolute atomic E-state index is 12.8. The Bertz CT molecular complexity index is 1000. The number of amides is 1. The molecular formula is C21H26ClN5O. The second kappa shape index (κ2) is 8.19. The highest BCUT2D eigenvalue weighted by molar-refractivity contribution is 6.31. The Morgan fingerprint density at radius 1 is 1.21 bits per heavy atom. The Morgan fingerprint density at radius 3 is 2.57 bits per heavy atom. The number of nitrogens with zero attached hydrogens (tertiary/aromatic N) is 4. The fourth-order valence-electron chi connectivity index (χ4n) is 3.29. The summed E-state index contributed by atoms with van der Waals surface area (Å²) in [6.07, 6.45) is 1.99. The van der Waals surface area contributed by atoms with Crippen LogP contribution in [-0.4, -0.2) is 25.5 Å². The van der Waals surface area contributed by atoms with Crippen molar-refractivity contribution in [2.24, 2.45) is 0 Å². The number of aromatic nitrogens is 4. The van der Waals surface area contributed by atoms with E-state index < -0.39 is 0 Å². The first-order chi connectivity index (χ1) is 13.3. The number of hydrogen-bond acceptors (Lipinski definition) is 3. The predicted molar refractivity (Wildman–Crippen MR) is 111 cm³/mol. The van der Waals surface area contributed by atoms with Crippen molar-refractivity contribution >= 4 is 17.5 Å². The summed E-state index contributed by atoms with van der Waals surface area (Å²) in [5, 5.41) is 12.7. The van der Waals surface area contributed by atoms with Crippen LogP contribution < -0.4 is 5.32 Å². The molecule has 0 bridgehead atoms. The van der Waals surface area contributed by atoms with Gasteiger partial charge in [-0.1, -0.05) is 23.7 Å². The second-order valence-electron chi connectivity index (χ2n) is 7.06. The number of rotatable bonds is 6. The second-order valence-corrected chi connectivity index (χ2v) is 7.44. The summed E-state index contributed by atoms with van der Waals surface area (Å²) in [6.45, 7) is 11.2. The number of hydrogen-bond donors (Lipinski definition) is 1. The van der Waals surface area contributed by atoms with Crippen molar-refractivity contribution in [3.05, 3.63) is 69.3 Å². The Balaban J connectivity index is 1.74. The van der Waals surface area contributed by atoms with Crippen molar-refractivity contribution in [3.63, 3.8) is 0 Å². The van der Waals surface area contributed by atoms with Crippen molar-refractivity contribution in [2.75, 3.05) is 0 Å². The van der Waals surface area contributed by atoms with Crippen LogP contribution in [0, 0.1) is 20.8 Å². The van der Waals surface area contributed by atoms with Gasteiger partial charge in [-0.3, -0.25) is 14.2 Å². The van der Waals surface area contributed by atoms with Crippen LogP contribution in [0.1, 0.15) is 58.5 Å². The highest BCUT2D eigenvalue weighted by Crippen LogP contribution is 2.21. The number of nitrogens with one attached hydrogen (secondary N) is 1. The van der Waals surface area contributed by atoms with E-state index in [1.807, 2.05) is 74.4 Å². The van der Waals surface area contributed by atoms with E-state index in [1.165, 1.54) is 0 Å².